The van der Waals surface area contributed by atoms with Crippen LogP contribution in [0, 0.1) is 0 Å². The molecule has 1 aromatic carbocycles. The first-order chi connectivity index (χ1) is 9.26. The summed E-state index contributed by atoms with van der Waals surface area (Å²) >= 11 is 0. The van der Waals surface area contributed by atoms with Gasteiger partial charge in [-0.15, -0.1) is 0 Å². The lowest BCUT2D eigenvalue weighted by atomic mass is 9.99. The van der Waals surface area contributed by atoms with Gasteiger partial charge >= 0.3 is 0 Å². The molecule has 5 heteroatoms. The number of nitrogens with one attached hydrogen (secondary N) is 2. The van der Waals surface area contributed by atoms with Crippen LogP contribution in [0.15, 0.2) is 18.2 Å². The third-order valence-electron chi connectivity index (χ3n) is 3.67. The van der Waals surface area contributed by atoms with Crippen molar-refractivity contribution in [2.75, 3.05) is 20.3 Å². The van der Waals surface area contributed by atoms with Gasteiger partial charge in [0.05, 0.1) is 13.7 Å². The number of ether oxygens (including phenoxy) is 2. The fourth-order valence-electron chi connectivity index (χ4n) is 2.68. The molecule has 2 aliphatic rings. The van der Waals surface area contributed by atoms with E-state index in [1.165, 1.54) is 0 Å². The lowest BCUT2D eigenvalue weighted by Crippen LogP contribution is -2.36. The maximum Gasteiger partial charge on any atom is 0.221 e. The van der Waals surface area contributed by atoms with E-state index in [9.17, 15) is 4.79 Å². The van der Waals surface area contributed by atoms with Crippen LogP contribution in [-0.2, 0) is 4.79 Å². The molecule has 102 valence electrons. The van der Waals surface area contributed by atoms with Gasteiger partial charge in [0.2, 0.25) is 5.91 Å². The molecule has 1 fully saturated rings. The number of benzene rings is 1. The standard InChI is InChI=1S/C14H18N2O3/c1-18-10-2-3-13-11(7-10)12(4-5-19-13)16-9-6-14(17)15-8-9/h2-3,7,9,12,16H,4-6,8H2,1H3,(H,15,17). The number of amides is 1. The van der Waals surface area contributed by atoms with E-state index in [-0.39, 0.29) is 18.0 Å². The Bertz CT molecular complexity index is 490. The van der Waals surface area contributed by atoms with Crippen LogP contribution in [0.25, 0.3) is 0 Å². The van der Waals surface area contributed by atoms with Gasteiger partial charge in [0, 0.05) is 37.0 Å². The van der Waals surface area contributed by atoms with Crippen molar-refractivity contribution in [2.24, 2.45) is 0 Å². The molecule has 0 aromatic heterocycles. The Hall–Kier alpha value is -1.75. The first-order valence-corrected chi connectivity index (χ1v) is 6.60. The molecule has 0 radical (unpaired) electrons. The highest BCUT2D eigenvalue weighted by atomic mass is 16.5. The van der Waals surface area contributed by atoms with Gasteiger partial charge in [-0.25, -0.2) is 0 Å². The second-order valence-corrected chi connectivity index (χ2v) is 4.97. The third kappa shape index (κ3) is 2.51. The van der Waals surface area contributed by atoms with Crippen LogP contribution in [0.1, 0.15) is 24.4 Å². The van der Waals surface area contributed by atoms with Crippen molar-refractivity contribution in [1.29, 1.82) is 0 Å². The Labute approximate surface area is 112 Å². The SMILES string of the molecule is COc1ccc2c(c1)C(NC1CNC(=O)C1)CCO2. The van der Waals surface area contributed by atoms with Gasteiger partial charge in [0.15, 0.2) is 0 Å². The Morgan fingerprint density at radius 1 is 1.47 bits per heavy atom. The quantitative estimate of drug-likeness (QED) is 0.853. The molecule has 0 spiro atoms. The molecule has 2 heterocycles. The van der Waals surface area contributed by atoms with E-state index in [1.54, 1.807) is 7.11 Å². The van der Waals surface area contributed by atoms with Crippen LogP contribution < -0.4 is 20.1 Å². The predicted octanol–water partition coefficient (Wildman–Crippen LogP) is 0.997. The van der Waals surface area contributed by atoms with Gasteiger partial charge in [0.25, 0.3) is 0 Å². The summed E-state index contributed by atoms with van der Waals surface area (Å²) in [6.45, 7) is 1.40. The zero-order valence-corrected chi connectivity index (χ0v) is 10.9. The normalized spacial score (nSPS) is 25.4. The minimum Gasteiger partial charge on any atom is -0.497 e. The maximum atomic E-state index is 11.2. The molecule has 5 nitrogen and oxygen atoms in total. The molecule has 2 unspecified atom stereocenters. The van der Waals surface area contributed by atoms with E-state index >= 15 is 0 Å². The molecule has 1 aromatic rings. The highest BCUT2D eigenvalue weighted by molar-refractivity contribution is 5.78. The van der Waals surface area contributed by atoms with Crippen molar-refractivity contribution in [3.8, 4) is 11.5 Å². The maximum absolute atomic E-state index is 11.2. The number of methoxy groups -OCH3 is 1. The number of carbonyl (C=O) groups is 1. The summed E-state index contributed by atoms with van der Waals surface area (Å²) in [5.41, 5.74) is 1.12. The topological polar surface area (TPSA) is 59.6 Å². The Morgan fingerprint density at radius 2 is 2.37 bits per heavy atom. The van der Waals surface area contributed by atoms with Gasteiger partial charge in [-0.2, -0.15) is 0 Å². The van der Waals surface area contributed by atoms with Crippen LogP contribution in [0.2, 0.25) is 0 Å². The molecule has 0 saturated carbocycles. The van der Waals surface area contributed by atoms with Crippen molar-refractivity contribution in [3.63, 3.8) is 0 Å². The zero-order valence-electron chi connectivity index (χ0n) is 10.9. The number of fused-ring (bicyclic) bond motifs is 1. The number of hydrogen-bond donors (Lipinski definition) is 2. The van der Waals surface area contributed by atoms with E-state index in [0.29, 0.717) is 19.6 Å². The van der Waals surface area contributed by atoms with E-state index in [4.69, 9.17) is 9.47 Å². The Morgan fingerprint density at radius 3 is 3.11 bits per heavy atom. The average molecular weight is 262 g/mol. The Kier molecular flexibility index (Phi) is 3.29. The first-order valence-electron chi connectivity index (χ1n) is 6.60. The minimum absolute atomic E-state index is 0.121. The lowest BCUT2D eigenvalue weighted by molar-refractivity contribution is -0.119. The van der Waals surface area contributed by atoms with Crippen molar-refractivity contribution in [3.05, 3.63) is 23.8 Å². The van der Waals surface area contributed by atoms with E-state index in [1.807, 2.05) is 18.2 Å². The van der Waals surface area contributed by atoms with Crippen LogP contribution in [-0.4, -0.2) is 32.2 Å². The largest absolute Gasteiger partial charge is 0.497 e. The summed E-state index contributed by atoms with van der Waals surface area (Å²) in [6, 6.07) is 6.28. The molecular weight excluding hydrogens is 244 g/mol. The van der Waals surface area contributed by atoms with Crippen LogP contribution in [0.3, 0.4) is 0 Å². The summed E-state index contributed by atoms with van der Waals surface area (Å²) in [7, 11) is 1.66. The highest BCUT2D eigenvalue weighted by Gasteiger charge is 2.28. The van der Waals surface area contributed by atoms with Gasteiger partial charge in [-0.05, 0) is 18.2 Å². The molecule has 0 bridgehead atoms. The summed E-state index contributed by atoms with van der Waals surface area (Å²) in [6.07, 6.45) is 1.46. The number of rotatable bonds is 3. The second kappa shape index (κ2) is 5.09. The number of carbonyl (C=O) groups excluding carboxylic acids is 1. The smallest absolute Gasteiger partial charge is 0.221 e. The fourth-order valence-corrected chi connectivity index (χ4v) is 2.68. The predicted molar refractivity (Wildman–Crippen MR) is 70.4 cm³/mol. The molecule has 19 heavy (non-hydrogen) atoms. The van der Waals surface area contributed by atoms with Crippen molar-refractivity contribution < 1.29 is 14.3 Å². The monoisotopic (exact) mass is 262 g/mol. The van der Waals surface area contributed by atoms with Crippen molar-refractivity contribution in [1.82, 2.24) is 10.6 Å². The molecule has 3 rings (SSSR count). The van der Waals surface area contributed by atoms with Crippen molar-refractivity contribution in [2.45, 2.75) is 24.9 Å². The highest BCUT2D eigenvalue weighted by Crippen LogP contribution is 2.35. The minimum atomic E-state index is 0.121. The number of hydrogen-bond acceptors (Lipinski definition) is 4. The summed E-state index contributed by atoms with van der Waals surface area (Å²) in [5, 5.41) is 6.39. The second-order valence-electron chi connectivity index (χ2n) is 4.97. The Balaban J connectivity index is 1.79. The van der Waals surface area contributed by atoms with E-state index < -0.39 is 0 Å². The molecule has 1 amide bonds. The van der Waals surface area contributed by atoms with Crippen LogP contribution >= 0.6 is 0 Å². The molecular formula is C14H18N2O3. The van der Waals surface area contributed by atoms with Gasteiger partial charge < -0.3 is 20.1 Å². The molecule has 1 saturated heterocycles. The molecule has 2 aliphatic heterocycles. The zero-order chi connectivity index (χ0) is 13.2. The van der Waals surface area contributed by atoms with E-state index in [2.05, 4.69) is 10.6 Å². The van der Waals surface area contributed by atoms with Gasteiger partial charge in [-0.1, -0.05) is 0 Å². The summed E-state index contributed by atoms with van der Waals surface area (Å²) in [5.74, 6) is 1.86. The third-order valence-corrected chi connectivity index (χ3v) is 3.67. The van der Waals surface area contributed by atoms with Gasteiger partial charge in [0.1, 0.15) is 11.5 Å². The summed E-state index contributed by atoms with van der Waals surface area (Å²) < 4.78 is 10.9. The molecule has 2 atom stereocenters. The average Bonchev–Trinajstić information content (AvgIpc) is 2.84. The lowest BCUT2D eigenvalue weighted by Gasteiger charge is -2.29. The molecule has 2 N–H and O–H groups in total. The van der Waals surface area contributed by atoms with E-state index in [0.717, 1.165) is 23.5 Å². The van der Waals surface area contributed by atoms with Crippen LogP contribution in [0.5, 0.6) is 11.5 Å². The van der Waals surface area contributed by atoms with Crippen molar-refractivity contribution >= 4 is 5.91 Å². The molecule has 0 aliphatic carbocycles. The van der Waals surface area contributed by atoms with Crippen LogP contribution in [0.4, 0.5) is 0 Å². The fraction of sp³-hybridized carbons (Fsp3) is 0.500. The first kappa shape index (κ1) is 12.3. The van der Waals surface area contributed by atoms with Gasteiger partial charge in [-0.3, -0.25) is 4.79 Å². The summed E-state index contributed by atoms with van der Waals surface area (Å²) in [4.78, 5) is 11.2.